The summed E-state index contributed by atoms with van der Waals surface area (Å²) in [6.07, 6.45) is 6.85. The maximum atomic E-state index is 12.6. The van der Waals surface area contributed by atoms with Gasteiger partial charge in [-0.25, -0.2) is 8.42 Å². The Morgan fingerprint density at radius 2 is 1.68 bits per heavy atom. The predicted molar refractivity (Wildman–Crippen MR) is 99.4 cm³/mol. The largest absolute Gasteiger partial charge is 0.349 e. The Kier molecular flexibility index (Phi) is 8.39. The summed E-state index contributed by atoms with van der Waals surface area (Å²) in [4.78, 5) is 1.32. The van der Waals surface area contributed by atoms with Crippen molar-refractivity contribution in [3.8, 4) is 0 Å². The molecule has 2 atom stereocenters. The number of hydrogen-bond acceptors (Lipinski definition) is 4. The average molecular weight is 383 g/mol. The van der Waals surface area contributed by atoms with Crippen LogP contribution >= 0.6 is 0 Å². The summed E-state index contributed by atoms with van der Waals surface area (Å²) >= 11 is 0. The summed E-state index contributed by atoms with van der Waals surface area (Å²) in [5.74, 6) is 0. The molecule has 1 aliphatic heterocycles. The second-order valence-corrected chi connectivity index (χ2v) is 7.96. The van der Waals surface area contributed by atoms with Crippen LogP contribution in [-0.4, -0.2) is 44.0 Å². The molecule has 0 bridgehead atoms. The van der Waals surface area contributed by atoms with Crippen LogP contribution in [0.4, 0.5) is 0 Å². The topological polar surface area (TPSA) is 59.1 Å². The van der Waals surface area contributed by atoms with Gasteiger partial charge >= 0.3 is 0 Å². The van der Waals surface area contributed by atoms with E-state index in [9.17, 15) is 8.42 Å². The van der Waals surface area contributed by atoms with E-state index in [0.29, 0.717) is 9.80 Å². The number of allylic oxidation sites excluding steroid dienone is 4. The zero-order valence-corrected chi connectivity index (χ0v) is 15.7. The molecule has 1 aromatic carbocycles. The van der Waals surface area contributed by atoms with E-state index in [-0.39, 0.29) is 26.9 Å². The van der Waals surface area contributed by atoms with Crippen molar-refractivity contribution in [2.75, 3.05) is 26.9 Å². The highest BCUT2D eigenvalue weighted by Gasteiger charge is 2.22. The predicted octanol–water partition coefficient (Wildman–Crippen LogP) is 2.50. The third-order valence-corrected chi connectivity index (χ3v) is 6.05. The van der Waals surface area contributed by atoms with Crippen LogP contribution in [0.1, 0.15) is 6.92 Å². The van der Waals surface area contributed by atoms with Gasteiger partial charge in [0.1, 0.15) is 48.9 Å². The lowest BCUT2D eigenvalue weighted by Crippen LogP contribution is -2.41. The van der Waals surface area contributed by atoms with Crippen LogP contribution in [0.15, 0.2) is 71.0 Å². The molecule has 136 valence electrons. The smallest absolute Gasteiger partial charge is 0.131 e. The molecule has 6 nitrogen and oxygen atoms in total. The lowest BCUT2D eigenvalue weighted by Gasteiger charge is -2.28. The lowest BCUT2D eigenvalue weighted by molar-refractivity contribution is -0.0843. The fourth-order valence-corrected chi connectivity index (χ4v) is 4.07. The van der Waals surface area contributed by atoms with Gasteiger partial charge < -0.3 is 9.47 Å². The van der Waals surface area contributed by atoms with Crippen LogP contribution in [0, 0.1) is 0 Å². The molecule has 1 saturated heterocycles. The highest BCUT2D eigenvalue weighted by atomic mass is 32.2. The molecule has 2 rings (SSSR count). The summed E-state index contributed by atoms with van der Waals surface area (Å²) in [6.45, 7) is 5.86. The molecule has 1 aliphatic rings. The summed E-state index contributed by atoms with van der Waals surface area (Å²) in [7, 11) is -2.78. The minimum absolute atomic E-state index is 0.106. The van der Waals surface area contributed by atoms with Crippen LogP contribution in [0.5, 0.6) is 0 Å². The molecule has 8 heteroatoms. The van der Waals surface area contributed by atoms with E-state index in [4.69, 9.17) is 9.47 Å². The Hall–Kier alpha value is -1.42. The van der Waals surface area contributed by atoms with E-state index >= 15 is 0 Å². The molecule has 0 amide bonds. The Bertz CT molecular complexity index is 666. The zero-order chi connectivity index (χ0) is 18.1. The van der Waals surface area contributed by atoms with Gasteiger partial charge in [-0.3, -0.25) is 0 Å². The first-order valence-corrected chi connectivity index (χ1v) is 9.88. The van der Waals surface area contributed by atoms with Crippen molar-refractivity contribution in [2.24, 2.45) is 0 Å². The Morgan fingerprint density at radius 1 is 1.08 bits per heavy atom. The molecule has 0 spiro atoms. The second-order valence-electron chi connectivity index (χ2n) is 4.99. The van der Waals surface area contributed by atoms with Gasteiger partial charge in [-0.1, -0.05) is 43.0 Å². The SMILES string of the molecule is C=C/C=C\C(=C/C)[S@](=O)N1COCN([S@@](=O)c2ccccc2)COC1. The van der Waals surface area contributed by atoms with Gasteiger partial charge in [-0.2, -0.15) is 8.61 Å². The highest BCUT2D eigenvalue weighted by molar-refractivity contribution is 7.86. The minimum Gasteiger partial charge on any atom is -0.349 e. The molecule has 1 fully saturated rings. The first-order valence-electron chi connectivity index (χ1n) is 7.67. The van der Waals surface area contributed by atoms with Gasteiger partial charge in [0.15, 0.2) is 0 Å². The van der Waals surface area contributed by atoms with E-state index in [1.807, 2.05) is 25.1 Å². The van der Waals surface area contributed by atoms with E-state index in [0.717, 1.165) is 0 Å². The molecule has 1 aromatic rings. The Labute approximate surface area is 153 Å². The summed E-state index contributed by atoms with van der Waals surface area (Å²) < 4.78 is 39.4. The van der Waals surface area contributed by atoms with Gasteiger partial charge in [0, 0.05) is 0 Å². The van der Waals surface area contributed by atoms with Crippen LogP contribution in [0.2, 0.25) is 0 Å². The minimum atomic E-state index is -1.41. The van der Waals surface area contributed by atoms with Crippen molar-refractivity contribution in [2.45, 2.75) is 11.8 Å². The quantitative estimate of drug-likeness (QED) is 0.710. The number of ether oxygens (including phenoxy) is 2. The molecule has 0 saturated carbocycles. The first kappa shape index (κ1) is 19.9. The van der Waals surface area contributed by atoms with Crippen LogP contribution in [0.3, 0.4) is 0 Å². The van der Waals surface area contributed by atoms with Crippen LogP contribution < -0.4 is 0 Å². The van der Waals surface area contributed by atoms with E-state index in [2.05, 4.69) is 6.58 Å². The molecule has 0 aliphatic carbocycles. The summed E-state index contributed by atoms with van der Waals surface area (Å²) in [5, 5.41) is 0. The molecule has 25 heavy (non-hydrogen) atoms. The van der Waals surface area contributed by atoms with Crippen molar-refractivity contribution in [1.29, 1.82) is 0 Å². The summed E-state index contributed by atoms with van der Waals surface area (Å²) in [6, 6.07) is 9.12. The van der Waals surface area contributed by atoms with Crippen LogP contribution in [-0.2, 0) is 31.4 Å². The maximum absolute atomic E-state index is 12.6. The van der Waals surface area contributed by atoms with Crippen molar-refractivity contribution in [3.05, 3.63) is 66.1 Å². The Morgan fingerprint density at radius 3 is 2.24 bits per heavy atom. The van der Waals surface area contributed by atoms with Gasteiger partial charge in [-0.05, 0) is 25.1 Å². The lowest BCUT2D eigenvalue weighted by atomic mass is 10.4. The standard InChI is InChI=1S/C17H22N2O4S2/c1-3-5-9-16(4-2)24(20)18-12-22-14-19(15-23-13-18)25(21)17-10-7-6-8-11-17/h3-11H,1,12-15H2,2H3/b9-5-,16-4+/t24-,25-/m0/s1. The van der Waals surface area contributed by atoms with Gasteiger partial charge in [-0.15, -0.1) is 0 Å². The van der Waals surface area contributed by atoms with Crippen molar-refractivity contribution in [3.63, 3.8) is 0 Å². The maximum Gasteiger partial charge on any atom is 0.131 e. The van der Waals surface area contributed by atoms with E-state index < -0.39 is 22.0 Å². The molecule has 1 heterocycles. The molecule has 0 radical (unpaired) electrons. The number of benzene rings is 1. The molecular formula is C17H22N2O4S2. The fourth-order valence-electron chi connectivity index (χ4n) is 2.01. The summed E-state index contributed by atoms with van der Waals surface area (Å²) in [5.41, 5.74) is 0. The number of nitrogens with zero attached hydrogens (tertiary/aromatic N) is 2. The van der Waals surface area contributed by atoms with E-state index in [1.165, 1.54) is 0 Å². The first-order chi connectivity index (χ1) is 12.2. The third-order valence-electron chi connectivity index (χ3n) is 3.24. The zero-order valence-electron chi connectivity index (χ0n) is 14.1. The van der Waals surface area contributed by atoms with Crippen molar-refractivity contribution >= 4 is 22.0 Å². The Balaban J connectivity index is 1.96. The second kappa shape index (κ2) is 10.5. The van der Waals surface area contributed by atoms with Crippen molar-refractivity contribution in [1.82, 2.24) is 8.61 Å². The molecule has 0 unspecified atom stereocenters. The average Bonchev–Trinajstić information content (AvgIpc) is 2.62. The molecular weight excluding hydrogens is 360 g/mol. The molecule has 0 N–H and O–H groups in total. The van der Waals surface area contributed by atoms with Crippen LogP contribution in [0.25, 0.3) is 0 Å². The van der Waals surface area contributed by atoms with Gasteiger partial charge in [0.2, 0.25) is 0 Å². The van der Waals surface area contributed by atoms with Gasteiger partial charge in [0.25, 0.3) is 0 Å². The van der Waals surface area contributed by atoms with Crippen molar-refractivity contribution < 1.29 is 17.9 Å². The fraction of sp³-hybridized carbons (Fsp3) is 0.294. The van der Waals surface area contributed by atoms with Gasteiger partial charge in [0.05, 0.1) is 9.80 Å². The van der Waals surface area contributed by atoms with E-state index in [1.54, 1.807) is 45.0 Å². The number of rotatable bonds is 6. The third kappa shape index (κ3) is 5.81. The monoisotopic (exact) mass is 382 g/mol. The molecule has 0 aromatic heterocycles. The highest BCUT2D eigenvalue weighted by Crippen LogP contribution is 2.15. The number of hydrogen-bond donors (Lipinski definition) is 0. The normalized spacial score (nSPS) is 20.8.